The minimum Gasteiger partial charge on any atom is -0.378 e. The molecule has 1 fully saturated rings. The molecule has 1 aromatic heterocycles. The molecule has 2 rings (SSSR count). The Labute approximate surface area is 98.2 Å². The molecule has 0 bridgehead atoms. The average molecular weight is 242 g/mol. The van der Waals surface area contributed by atoms with E-state index < -0.39 is 0 Å². The number of aromatic nitrogens is 2. The number of carbonyl (C=O) groups excluding carboxylic acids is 1. The van der Waals surface area contributed by atoms with Crippen LogP contribution >= 0.6 is 11.6 Å². The zero-order valence-corrected chi connectivity index (χ0v) is 9.41. The summed E-state index contributed by atoms with van der Waals surface area (Å²) in [5.74, 6) is 0.302. The molecule has 0 saturated carbocycles. The van der Waals surface area contributed by atoms with Crippen molar-refractivity contribution in [2.75, 3.05) is 11.9 Å². The SMILES string of the molecule is O=C(CC1CCCO1)Nc1ccc(Cl)nn1. The van der Waals surface area contributed by atoms with E-state index in [4.69, 9.17) is 16.3 Å². The maximum atomic E-state index is 11.6. The van der Waals surface area contributed by atoms with Crippen LogP contribution in [0.25, 0.3) is 0 Å². The molecule has 1 N–H and O–H groups in total. The summed E-state index contributed by atoms with van der Waals surface area (Å²) in [6.45, 7) is 0.749. The Bertz CT molecular complexity index is 363. The highest BCUT2D eigenvalue weighted by Crippen LogP contribution is 2.16. The van der Waals surface area contributed by atoms with E-state index in [1.165, 1.54) is 0 Å². The van der Waals surface area contributed by atoms with Crippen molar-refractivity contribution in [3.63, 3.8) is 0 Å². The van der Waals surface area contributed by atoms with Gasteiger partial charge < -0.3 is 10.1 Å². The van der Waals surface area contributed by atoms with E-state index in [1.807, 2.05) is 0 Å². The van der Waals surface area contributed by atoms with Crippen molar-refractivity contribution in [2.45, 2.75) is 25.4 Å². The van der Waals surface area contributed by atoms with E-state index >= 15 is 0 Å². The van der Waals surface area contributed by atoms with E-state index in [1.54, 1.807) is 12.1 Å². The van der Waals surface area contributed by atoms with Crippen LogP contribution in [0.1, 0.15) is 19.3 Å². The molecule has 1 aromatic rings. The molecule has 1 atom stereocenters. The normalized spacial score (nSPS) is 19.7. The number of halogens is 1. The van der Waals surface area contributed by atoms with Crippen LogP contribution in [0, 0.1) is 0 Å². The number of carbonyl (C=O) groups is 1. The lowest BCUT2D eigenvalue weighted by Gasteiger charge is -2.08. The van der Waals surface area contributed by atoms with Gasteiger partial charge in [0, 0.05) is 6.61 Å². The molecular weight excluding hydrogens is 230 g/mol. The lowest BCUT2D eigenvalue weighted by Crippen LogP contribution is -2.19. The minimum atomic E-state index is -0.108. The van der Waals surface area contributed by atoms with Gasteiger partial charge in [-0.15, -0.1) is 10.2 Å². The first kappa shape index (κ1) is 11.3. The third-order valence-corrected chi connectivity index (χ3v) is 2.54. The number of anilines is 1. The third kappa shape index (κ3) is 3.15. The van der Waals surface area contributed by atoms with Crippen LogP contribution in [-0.2, 0) is 9.53 Å². The first-order valence-electron chi connectivity index (χ1n) is 5.15. The Kier molecular flexibility index (Phi) is 3.69. The van der Waals surface area contributed by atoms with Gasteiger partial charge in [0.15, 0.2) is 11.0 Å². The van der Waals surface area contributed by atoms with Crippen LogP contribution < -0.4 is 5.32 Å². The lowest BCUT2D eigenvalue weighted by molar-refractivity contribution is -0.118. The van der Waals surface area contributed by atoms with Crippen molar-refractivity contribution in [3.05, 3.63) is 17.3 Å². The second-order valence-electron chi connectivity index (χ2n) is 3.63. The van der Waals surface area contributed by atoms with Crippen LogP contribution in [0.15, 0.2) is 12.1 Å². The largest absolute Gasteiger partial charge is 0.378 e. The lowest BCUT2D eigenvalue weighted by atomic mass is 10.2. The Morgan fingerprint density at radius 3 is 3.06 bits per heavy atom. The maximum absolute atomic E-state index is 11.6. The van der Waals surface area contributed by atoms with Gasteiger partial charge in [-0.1, -0.05) is 11.6 Å². The van der Waals surface area contributed by atoms with Gasteiger partial charge in [0.1, 0.15) is 0 Å². The molecule has 86 valence electrons. The highest BCUT2D eigenvalue weighted by Gasteiger charge is 2.19. The summed E-state index contributed by atoms with van der Waals surface area (Å²) in [5, 5.41) is 10.3. The molecule has 6 heteroatoms. The molecule has 1 aliphatic heterocycles. The molecule has 0 aliphatic carbocycles. The van der Waals surface area contributed by atoms with Gasteiger partial charge in [-0.05, 0) is 25.0 Å². The third-order valence-electron chi connectivity index (χ3n) is 2.34. The molecule has 1 aliphatic rings. The molecule has 1 unspecified atom stereocenters. The first-order valence-corrected chi connectivity index (χ1v) is 5.52. The molecule has 1 saturated heterocycles. The van der Waals surface area contributed by atoms with Crippen LogP contribution in [-0.4, -0.2) is 28.8 Å². The number of hydrogen-bond donors (Lipinski definition) is 1. The summed E-state index contributed by atoms with van der Waals surface area (Å²) < 4.78 is 5.36. The first-order chi connectivity index (χ1) is 7.74. The van der Waals surface area contributed by atoms with Crippen LogP contribution in [0.2, 0.25) is 5.15 Å². The zero-order chi connectivity index (χ0) is 11.4. The van der Waals surface area contributed by atoms with Gasteiger partial charge in [-0.25, -0.2) is 0 Å². The van der Waals surface area contributed by atoms with Crippen molar-refractivity contribution >= 4 is 23.3 Å². The minimum absolute atomic E-state index is 0.0419. The van der Waals surface area contributed by atoms with Crippen molar-refractivity contribution in [1.29, 1.82) is 0 Å². The summed E-state index contributed by atoms with van der Waals surface area (Å²) in [4.78, 5) is 11.6. The molecule has 16 heavy (non-hydrogen) atoms. The number of amides is 1. The predicted octanol–water partition coefficient (Wildman–Crippen LogP) is 1.64. The smallest absolute Gasteiger partial charge is 0.228 e. The zero-order valence-electron chi connectivity index (χ0n) is 8.65. The summed E-state index contributed by atoms with van der Waals surface area (Å²) in [7, 11) is 0. The Morgan fingerprint density at radius 1 is 1.56 bits per heavy atom. The summed E-state index contributed by atoms with van der Waals surface area (Å²) in [6.07, 6.45) is 2.38. The summed E-state index contributed by atoms with van der Waals surface area (Å²) in [5.41, 5.74) is 0. The van der Waals surface area contributed by atoms with E-state index in [9.17, 15) is 4.79 Å². The number of ether oxygens (including phenoxy) is 1. The number of hydrogen-bond acceptors (Lipinski definition) is 4. The van der Waals surface area contributed by atoms with Crippen LogP contribution in [0.4, 0.5) is 5.82 Å². The quantitative estimate of drug-likeness (QED) is 0.874. The number of nitrogens with one attached hydrogen (secondary N) is 1. The van der Waals surface area contributed by atoms with Crippen molar-refractivity contribution in [2.24, 2.45) is 0 Å². The van der Waals surface area contributed by atoms with Gasteiger partial charge in [0.2, 0.25) is 5.91 Å². The summed E-state index contributed by atoms with van der Waals surface area (Å²) in [6, 6.07) is 3.19. The average Bonchev–Trinajstić information content (AvgIpc) is 2.74. The molecular formula is C10H12ClN3O2. The molecule has 1 amide bonds. The molecule has 0 aromatic carbocycles. The van der Waals surface area contributed by atoms with Gasteiger partial charge in [-0.2, -0.15) is 0 Å². The van der Waals surface area contributed by atoms with Crippen LogP contribution in [0.5, 0.6) is 0 Å². The fourth-order valence-electron chi connectivity index (χ4n) is 1.59. The Balaban J connectivity index is 1.84. The predicted molar refractivity (Wildman–Crippen MR) is 59.3 cm³/mol. The summed E-state index contributed by atoms with van der Waals surface area (Å²) >= 11 is 5.58. The van der Waals surface area contributed by atoms with E-state index in [-0.39, 0.29) is 12.0 Å². The van der Waals surface area contributed by atoms with Gasteiger partial charge in [0.05, 0.1) is 12.5 Å². The van der Waals surface area contributed by atoms with E-state index in [0.29, 0.717) is 17.4 Å². The number of nitrogens with zero attached hydrogens (tertiary/aromatic N) is 2. The van der Waals surface area contributed by atoms with E-state index in [0.717, 1.165) is 19.4 Å². The maximum Gasteiger partial charge on any atom is 0.228 e. The second-order valence-corrected chi connectivity index (χ2v) is 4.02. The van der Waals surface area contributed by atoms with Crippen molar-refractivity contribution in [1.82, 2.24) is 10.2 Å². The highest BCUT2D eigenvalue weighted by molar-refractivity contribution is 6.29. The fourth-order valence-corrected chi connectivity index (χ4v) is 1.69. The van der Waals surface area contributed by atoms with Gasteiger partial charge in [0.25, 0.3) is 0 Å². The second kappa shape index (κ2) is 5.23. The molecule has 2 heterocycles. The van der Waals surface area contributed by atoms with E-state index in [2.05, 4.69) is 15.5 Å². The Morgan fingerprint density at radius 2 is 2.44 bits per heavy atom. The molecule has 5 nitrogen and oxygen atoms in total. The van der Waals surface area contributed by atoms with Crippen LogP contribution in [0.3, 0.4) is 0 Å². The highest BCUT2D eigenvalue weighted by atomic mass is 35.5. The van der Waals surface area contributed by atoms with Crippen molar-refractivity contribution < 1.29 is 9.53 Å². The van der Waals surface area contributed by atoms with Gasteiger partial charge >= 0.3 is 0 Å². The molecule has 0 spiro atoms. The Hall–Kier alpha value is -1.20. The molecule has 0 radical (unpaired) electrons. The topological polar surface area (TPSA) is 64.1 Å². The standard InChI is InChI=1S/C10H12ClN3O2/c11-8-3-4-9(14-13-8)12-10(15)6-7-2-1-5-16-7/h3-4,7H,1-2,5-6H2,(H,12,14,15). The van der Waals surface area contributed by atoms with Crippen molar-refractivity contribution in [3.8, 4) is 0 Å². The fraction of sp³-hybridized carbons (Fsp3) is 0.500. The van der Waals surface area contributed by atoms with Gasteiger partial charge in [-0.3, -0.25) is 4.79 Å². The monoisotopic (exact) mass is 241 g/mol. The number of rotatable bonds is 3.